The molecule has 0 unspecified atom stereocenters. The average molecular weight is 354 g/mol. The lowest BCUT2D eigenvalue weighted by atomic mass is 10.3. The maximum atomic E-state index is 4.61. The Balaban J connectivity index is 2.23. The van der Waals surface area contributed by atoms with Gasteiger partial charge in [0.1, 0.15) is 0 Å². The molecule has 0 saturated carbocycles. The highest BCUT2D eigenvalue weighted by Crippen LogP contribution is 2.35. The number of halogens is 1. The maximum absolute atomic E-state index is 4.61. The van der Waals surface area contributed by atoms with Gasteiger partial charge in [0.05, 0.1) is 5.69 Å². The summed E-state index contributed by atoms with van der Waals surface area (Å²) in [5, 5.41) is 4.42. The quantitative estimate of drug-likeness (QED) is 0.858. The Kier molecular flexibility index (Phi) is 4.81. The van der Waals surface area contributed by atoms with Crippen LogP contribution in [-0.4, -0.2) is 15.6 Å². The van der Waals surface area contributed by atoms with Gasteiger partial charge in [-0.1, -0.05) is 11.8 Å². The number of hydrogen-bond acceptors (Lipinski definition) is 3. The Bertz CT molecular complexity index is 620. The molecule has 5 heteroatoms. The molecule has 0 aliphatic rings. The number of hydrogen-bond donors (Lipinski definition) is 1. The van der Waals surface area contributed by atoms with Gasteiger partial charge in [0.2, 0.25) is 0 Å². The Morgan fingerprint density at radius 2 is 2.00 bits per heavy atom. The number of anilines is 1. The van der Waals surface area contributed by atoms with E-state index in [0.29, 0.717) is 6.04 Å². The van der Waals surface area contributed by atoms with Crippen molar-refractivity contribution in [2.75, 3.05) is 5.32 Å². The molecule has 1 heterocycles. The second-order valence-electron chi connectivity index (χ2n) is 5.17. The number of benzene rings is 1. The topological polar surface area (TPSA) is 29.9 Å². The zero-order valence-corrected chi connectivity index (χ0v) is 14.9. The molecule has 0 atom stereocenters. The van der Waals surface area contributed by atoms with Crippen LogP contribution < -0.4 is 5.32 Å². The van der Waals surface area contributed by atoms with Crippen LogP contribution in [-0.2, 0) is 7.05 Å². The zero-order valence-electron chi connectivity index (χ0n) is 12.5. The first-order valence-corrected chi connectivity index (χ1v) is 8.23. The third-order valence-electron chi connectivity index (χ3n) is 3.17. The normalized spacial score (nSPS) is 11.2. The van der Waals surface area contributed by atoms with Crippen molar-refractivity contribution >= 4 is 33.4 Å². The van der Waals surface area contributed by atoms with E-state index >= 15 is 0 Å². The lowest BCUT2D eigenvalue weighted by molar-refractivity contribution is 0.765. The molecule has 20 heavy (non-hydrogen) atoms. The minimum absolute atomic E-state index is 0.431. The van der Waals surface area contributed by atoms with Crippen molar-refractivity contribution in [2.45, 2.75) is 43.8 Å². The molecule has 3 nitrogen and oxygen atoms in total. The number of rotatable bonds is 4. The Morgan fingerprint density at radius 1 is 1.30 bits per heavy atom. The molecule has 0 aliphatic heterocycles. The third-order valence-corrected chi connectivity index (χ3v) is 5.21. The highest BCUT2D eigenvalue weighted by molar-refractivity contribution is 9.10. The van der Waals surface area contributed by atoms with Crippen LogP contribution in [0.25, 0.3) is 0 Å². The summed E-state index contributed by atoms with van der Waals surface area (Å²) < 4.78 is 3.22. The van der Waals surface area contributed by atoms with E-state index in [1.807, 2.05) is 6.92 Å². The van der Waals surface area contributed by atoms with Gasteiger partial charge in [-0.05, 0) is 61.8 Å². The van der Waals surface area contributed by atoms with Crippen LogP contribution in [0.1, 0.15) is 25.2 Å². The van der Waals surface area contributed by atoms with E-state index in [-0.39, 0.29) is 0 Å². The molecule has 0 aliphatic carbocycles. The van der Waals surface area contributed by atoms with Crippen molar-refractivity contribution in [3.63, 3.8) is 0 Å². The molecule has 0 radical (unpaired) electrons. The summed E-state index contributed by atoms with van der Waals surface area (Å²) in [5.74, 6) is 0. The molecule has 0 saturated heterocycles. The zero-order chi connectivity index (χ0) is 14.9. The SMILES string of the molecule is Cc1nc(Sc2ccc(NC(C)C)cc2Br)n(C)c1C. The first-order valence-electron chi connectivity index (χ1n) is 6.62. The Hall–Kier alpha value is -0.940. The van der Waals surface area contributed by atoms with Crippen molar-refractivity contribution in [1.82, 2.24) is 9.55 Å². The second-order valence-corrected chi connectivity index (χ2v) is 7.03. The van der Waals surface area contributed by atoms with Crippen LogP contribution in [0.15, 0.2) is 32.7 Å². The lowest BCUT2D eigenvalue weighted by Crippen LogP contribution is -2.09. The van der Waals surface area contributed by atoms with E-state index in [2.05, 4.69) is 76.8 Å². The maximum Gasteiger partial charge on any atom is 0.173 e. The first-order chi connectivity index (χ1) is 9.38. The molecular formula is C15H20BrN3S. The minimum atomic E-state index is 0.431. The Labute approximate surface area is 133 Å². The van der Waals surface area contributed by atoms with E-state index in [1.165, 1.54) is 10.6 Å². The van der Waals surface area contributed by atoms with Crippen molar-refractivity contribution in [1.29, 1.82) is 0 Å². The number of nitrogens with zero attached hydrogens (tertiary/aromatic N) is 2. The molecule has 2 rings (SSSR count). The fourth-order valence-electron chi connectivity index (χ4n) is 1.88. The van der Waals surface area contributed by atoms with Gasteiger partial charge in [0.25, 0.3) is 0 Å². The van der Waals surface area contributed by atoms with Crippen LogP contribution >= 0.6 is 27.7 Å². The number of nitrogens with one attached hydrogen (secondary N) is 1. The van der Waals surface area contributed by atoms with Gasteiger partial charge in [-0.25, -0.2) is 4.98 Å². The molecule has 0 fully saturated rings. The summed E-state index contributed by atoms with van der Waals surface area (Å²) in [7, 11) is 2.06. The molecule has 2 aromatic rings. The van der Waals surface area contributed by atoms with Gasteiger partial charge >= 0.3 is 0 Å². The van der Waals surface area contributed by atoms with Gasteiger partial charge < -0.3 is 9.88 Å². The van der Waals surface area contributed by atoms with E-state index in [4.69, 9.17) is 0 Å². The molecular weight excluding hydrogens is 334 g/mol. The monoisotopic (exact) mass is 353 g/mol. The van der Waals surface area contributed by atoms with Crippen molar-refractivity contribution in [3.8, 4) is 0 Å². The van der Waals surface area contributed by atoms with Crippen LogP contribution in [0.2, 0.25) is 0 Å². The van der Waals surface area contributed by atoms with Gasteiger partial charge in [0.15, 0.2) is 5.16 Å². The molecule has 0 bridgehead atoms. The number of aryl methyl sites for hydroxylation is 1. The van der Waals surface area contributed by atoms with Crippen molar-refractivity contribution < 1.29 is 0 Å². The smallest absolute Gasteiger partial charge is 0.173 e. The Morgan fingerprint density at radius 3 is 2.50 bits per heavy atom. The number of imidazole rings is 1. The summed E-state index contributed by atoms with van der Waals surface area (Å²) in [5.41, 5.74) is 3.43. The summed E-state index contributed by atoms with van der Waals surface area (Å²) in [6.45, 7) is 8.41. The van der Waals surface area contributed by atoms with E-state index in [0.717, 1.165) is 21.0 Å². The van der Waals surface area contributed by atoms with Crippen molar-refractivity contribution in [3.05, 3.63) is 34.1 Å². The first kappa shape index (κ1) is 15.4. The molecule has 0 amide bonds. The van der Waals surface area contributed by atoms with E-state index in [9.17, 15) is 0 Å². The minimum Gasteiger partial charge on any atom is -0.383 e. The fraction of sp³-hybridized carbons (Fsp3) is 0.400. The van der Waals surface area contributed by atoms with Gasteiger partial charge in [0, 0.05) is 33.8 Å². The van der Waals surface area contributed by atoms with Crippen LogP contribution in [0.3, 0.4) is 0 Å². The highest BCUT2D eigenvalue weighted by Gasteiger charge is 2.11. The van der Waals surface area contributed by atoms with Crippen LogP contribution in [0, 0.1) is 13.8 Å². The van der Waals surface area contributed by atoms with Crippen molar-refractivity contribution in [2.24, 2.45) is 7.05 Å². The van der Waals surface area contributed by atoms with Crippen LogP contribution in [0.4, 0.5) is 5.69 Å². The average Bonchev–Trinajstić information content (AvgIpc) is 2.60. The standard InChI is InChI=1S/C15H20BrN3S/c1-9(2)17-12-6-7-14(13(16)8-12)20-15-18-10(3)11(4)19(15)5/h6-9,17H,1-5H3. The summed E-state index contributed by atoms with van der Waals surface area (Å²) in [6, 6.07) is 6.78. The summed E-state index contributed by atoms with van der Waals surface area (Å²) in [4.78, 5) is 5.78. The largest absolute Gasteiger partial charge is 0.383 e. The van der Waals surface area contributed by atoms with E-state index < -0.39 is 0 Å². The predicted molar refractivity (Wildman–Crippen MR) is 89.7 cm³/mol. The predicted octanol–water partition coefficient (Wildman–Crippen LogP) is 4.77. The van der Waals surface area contributed by atoms with E-state index in [1.54, 1.807) is 11.8 Å². The lowest BCUT2D eigenvalue weighted by Gasteiger charge is -2.12. The molecule has 1 aromatic carbocycles. The van der Waals surface area contributed by atoms with Gasteiger partial charge in [-0.3, -0.25) is 0 Å². The molecule has 108 valence electrons. The van der Waals surface area contributed by atoms with Crippen LogP contribution in [0.5, 0.6) is 0 Å². The summed E-state index contributed by atoms with van der Waals surface area (Å²) >= 11 is 5.33. The fourth-order valence-corrected chi connectivity index (χ4v) is 3.45. The molecule has 1 N–H and O–H groups in total. The molecule has 1 aromatic heterocycles. The summed E-state index contributed by atoms with van der Waals surface area (Å²) in [6.07, 6.45) is 0. The van der Waals surface area contributed by atoms with Gasteiger partial charge in [-0.15, -0.1) is 0 Å². The molecule has 0 spiro atoms. The van der Waals surface area contributed by atoms with Gasteiger partial charge in [-0.2, -0.15) is 0 Å². The number of aromatic nitrogens is 2. The second kappa shape index (κ2) is 6.22. The highest BCUT2D eigenvalue weighted by atomic mass is 79.9. The third kappa shape index (κ3) is 3.38.